The molecule has 3 unspecified atom stereocenters. The van der Waals surface area contributed by atoms with Crippen molar-refractivity contribution in [2.45, 2.75) is 71.3 Å². The molecule has 0 aromatic rings. The Bertz CT molecular complexity index is 445. The highest BCUT2D eigenvalue weighted by Gasteiger charge is 2.58. The maximum atomic E-state index is 12.9. The van der Waals surface area contributed by atoms with E-state index in [1.54, 1.807) is 0 Å². The fourth-order valence-corrected chi connectivity index (χ4v) is 5.83. The van der Waals surface area contributed by atoms with Crippen LogP contribution in [0.25, 0.3) is 0 Å². The van der Waals surface area contributed by atoms with E-state index in [0.29, 0.717) is 23.7 Å². The Morgan fingerprint density at radius 2 is 1.86 bits per heavy atom. The van der Waals surface area contributed by atoms with Gasteiger partial charge >= 0.3 is 5.97 Å². The van der Waals surface area contributed by atoms with Gasteiger partial charge in [0.1, 0.15) is 0 Å². The molecule has 0 spiro atoms. The molecule has 4 rings (SSSR count). The third kappa shape index (κ3) is 2.69. The van der Waals surface area contributed by atoms with E-state index >= 15 is 0 Å². The van der Waals surface area contributed by atoms with Crippen LogP contribution in [-0.4, -0.2) is 23.0 Å². The van der Waals surface area contributed by atoms with Crippen LogP contribution in [0.5, 0.6) is 0 Å². The smallest absolute Gasteiger partial charge is 0.305 e. The molecule has 1 amide bonds. The van der Waals surface area contributed by atoms with Gasteiger partial charge in [0.2, 0.25) is 5.91 Å². The zero-order valence-electron chi connectivity index (χ0n) is 13.2. The van der Waals surface area contributed by atoms with Crippen molar-refractivity contribution in [1.29, 1.82) is 0 Å². The van der Waals surface area contributed by atoms with Crippen LogP contribution < -0.4 is 5.32 Å². The molecule has 4 aliphatic rings. The lowest BCUT2D eigenvalue weighted by atomic mass is 9.44. The molecule has 2 N–H and O–H groups in total. The number of carbonyl (C=O) groups is 2. The van der Waals surface area contributed by atoms with E-state index in [-0.39, 0.29) is 23.8 Å². The first-order chi connectivity index (χ1) is 9.84. The van der Waals surface area contributed by atoms with E-state index in [4.69, 9.17) is 5.11 Å². The summed E-state index contributed by atoms with van der Waals surface area (Å²) >= 11 is 0. The zero-order chi connectivity index (χ0) is 15.3. The van der Waals surface area contributed by atoms with Crippen molar-refractivity contribution in [3.05, 3.63) is 0 Å². The van der Waals surface area contributed by atoms with Crippen LogP contribution in [0.2, 0.25) is 0 Å². The first kappa shape index (κ1) is 14.9. The van der Waals surface area contributed by atoms with E-state index in [1.165, 1.54) is 19.3 Å². The summed E-state index contributed by atoms with van der Waals surface area (Å²) in [7, 11) is 0. The lowest BCUT2D eigenvalue weighted by molar-refractivity contribution is -0.156. The third-order valence-electron chi connectivity index (χ3n) is 6.08. The normalized spacial score (nSPS) is 41.8. The second-order valence-electron chi connectivity index (χ2n) is 8.23. The standard InChI is InChI=1S/C17H27NO3/c1-3-13(5-14(19)20)18-15(21)17-8-11-4-12(9-17)7-16(2,6-11)10-17/h11-13H,3-10H2,1-2H3,(H,18,21)(H,19,20). The minimum atomic E-state index is -0.834. The predicted octanol–water partition coefficient (Wildman–Crippen LogP) is 2.96. The first-order valence-corrected chi connectivity index (χ1v) is 8.37. The molecule has 3 atom stereocenters. The first-order valence-electron chi connectivity index (χ1n) is 8.37. The molecule has 4 aliphatic carbocycles. The third-order valence-corrected chi connectivity index (χ3v) is 6.08. The average Bonchev–Trinajstić information content (AvgIpc) is 2.34. The molecule has 4 bridgehead atoms. The second kappa shape index (κ2) is 4.99. The molecule has 118 valence electrons. The van der Waals surface area contributed by atoms with Crippen LogP contribution in [0.3, 0.4) is 0 Å². The monoisotopic (exact) mass is 293 g/mol. The lowest BCUT2D eigenvalue weighted by Crippen LogP contribution is -2.58. The number of hydrogen-bond donors (Lipinski definition) is 2. The Labute approximate surface area is 126 Å². The molecule has 0 aromatic heterocycles. The summed E-state index contributed by atoms with van der Waals surface area (Å²) in [6.07, 6.45) is 7.62. The number of nitrogens with one attached hydrogen (secondary N) is 1. The highest BCUT2D eigenvalue weighted by atomic mass is 16.4. The number of carboxylic acids is 1. The van der Waals surface area contributed by atoms with Crippen molar-refractivity contribution in [2.24, 2.45) is 22.7 Å². The Morgan fingerprint density at radius 1 is 1.24 bits per heavy atom. The average molecular weight is 293 g/mol. The fraction of sp³-hybridized carbons (Fsp3) is 0.882. The molecule has 0 aromatic carbocycles. The summed E-state index contributed by atoms with van der Waals surface area (Å²) in [6.45, 7) is 4.29. The van der Waals surface area contributed by atoms with E-state index in [9.17, 15) is 9.59 Å². The molecule has 21 heavy (non-hydrogen) atoms. The molecule has 4 saturated carbocycles. The van der Waals surface area contributed by atoms with Gasteiger partial charge in [-0.2, -0.15) is 0 Å². The number of carboxylic acid groups (broad SMARTS) is 1. The second-order valence-corrected chi connectivity index (χ2v) is 8.23. The van der Waals surface area contributed by atoms with Crippen molar-refractivity contribution in [3.8, 4) is 0 Å². The molecule has 0 aliphatic heterocycles. The van der Waals surface area contributed by atoms with Gasteiger partial charge in [0.25, 0.3) is 0 Å². The van der Waals surface area contributed by atoms with Crippen molar-refractivity contribution in [2.75, 3.05) is 0 Å². The number of rotatable bonds is 5. The summed E-state index contributed by atoms with van der Waals surface area (Å²) in [4.78, 5) is 23.8. The summed E-state index contributed by atoms with van der Waals surface area (Å²) in [5.74, 6) is 0.721. The summed E-state index contributed by atoms with van der Waals surface area (Å²) < 4.78 is 0. The molecular weight excluding hydrogens is 266 g/mol. The van der Waals surface area contributed by atoms with Crippen molar-refractivity contribution in [1.82, 2.24) is 5.32 Å². The molecule has 0 saturated heterocycles. The molecule has 0 heterocycles. The lowest BCUT2D eigenvalue weighted by Gasteiger charge is -2.60. The maximum absolute atomic E-state index is 12.9. The number of hydrogen-bond acceptors (Lipinski definition) is 2. The quantitative estimate of drug-likeness (QED) is 0.819. The molecular formula is C17H27NO3. The number of amides is 1. The van der Waals surface area contributed by atoms with E-state index in [2.05, 4.69) is 12.2 Å². The van der Waals surface area contributed by atoms with Gasteiger partial charge in [-0.05, 0) is 62.2 Å². The summed E-state index contributed by atoms with van der Waals surface area (Å²) in [5.41, 5.74) is 0.140. The number of aliphatic carboxylic acids is 1. The predicted molar refractivity (Wildman–Crippen MR) is 79.7 cm³/mol. The van der Waals surface area contributed by atoms with Crippen molar-refractivity contribution < 1.29 is 14.7 Å². The van der Waals surface area contributed by atoms with E-state index < -0.39 is 5.97 Å². The molecule has 4 nitrogen and oxygen atoms in total. The van der Waals surface area contributed by atoms with Crippen LogP contribution >= 0.6 is 0 Å². The topological polar surface area (TPSA) is 66.4 Å². The van der Waals surface area contributed by atoms with Gasteiger partial charge < -0.3 is 10.4 Å². The van der Waals surface area contributed by atoms with E-state index in [1.807, 2.05) is 6.92 Å². The Morgan fingerprint density at radius 3 is 2.33 bits per heavy atom. The maximum Gasteiger partial charge on any atom is 0.305 e. The largest absolute Gasteiger partial charge is 0.481 e. The van der Waals surface area contributed by atoms with Crippen LogP contribution in [-0.2, 0) is 9.59 Å². The van der Waals surface area contributed by atoms with Crippen LogP contribution in [0, 0.1) is 22.7 Å². The minimum absolute atomic E-state index is 0.0302. The number of carbonyl (C=O) groups excluding carboxylic acids is 1. The SMILES string of the molecule is CCC(CC(=O)O)NC(=O)C12CC3CC(CC(C)(C3)C1)C2. The van der Waals surface area contributed by atoms with Crippen LogP contribution in [0.15, 0.2) is 0 Å². The van der Waals surface area contributed by atoms with Crippen LogP contribution in [0.4, 0.5) is 0 Å². The van der Waals surface area contributed by atoms with Gasteiger partial charge in [0.15, 0.2) is 0 Å². The molecule has 4 fully saturated rings. The van der Waals surface area contributed by atoms with Gasteiger partial charge in [-0.3, -0.25) is 9.59 Å². The van der Waals surface area contributed by atoms with Gasteiger partial charge in [0, 0.05) is 6.04 Å². The van der Waals surface area contributed by atoms with Gasteiger partial charge in [0.05, 0.1) is 11.8 Å². The minimum Gasteiger partial charge on any atom is -0.481 e. The Hall–Kier alpha value is -1.06. The van der Waals surface area contributed by atoms with Gasteiger partial charge in [-0.1, -0.05) is 13.8 Å². The van der Waals surface area contributed by atoms with Crippen molar-refractivity contribution in [3.63, 3.8) is 0 Å². The van der Waals surface area contributed by atoms with Crippen molar-refractivity contribution >= 4 is 11.9 Å². The highest BCUT2D eigenvalue weighted by Crippen LogP contribution is 2.65. The van der Waals surface area contributed by atoms with Gasteiger partial charge in [-0.15, -0.1) is 0 Å². The summed E-state index contributed by atoms with van der Waals surface area (Å²) in [5, 5.41) is 12.0. The summed E-state index contributed by atoms with van der Waals surface area (Å²) in [6, 6.07) is -0.226. The van der Waals surface area contributed by atoms with E-state index in [0.717, 1.165) is 19.3 Å². The molecule has 0 radical (unpaired) electrons. The molecule has 4 heteroatoms. The van der Waals surface area contributed by atoms with Crippen LogP contribution in [0.1, 0.15) is 65.2 Å². The van der Waals surface area contributed by atoms with Gasteiger partial charge in [-0.25, -0.2) is 0 Å². The zero-order valence-corrected chi connectivity index (χ0v) is 13.2. The Kier molecular flexibility index (Phi) is 3.53. The highest BCUT2D eigenvalue weighted by molar-refractivity contribution is 5.84. The fourth-order valence-electron chi connectivity index (χ4n) is 5.83. The Balaban J connectivity index is 1.73.